The van der Waals surface area contributed by atoms with Gasteiger partial charge in [0.1, 0.15) is 25.6 Å². The van der Waals surface area contributed by atoms with Crippen molar-refractivity contribution in [3.63, 3.8) is 0 Å². The fraction of sp³-hybridized carbons (Fsp3) is 0.222. The van der Waals surface area contributed by atoms with Crippen LogP contribution in [0.3, 0.4) is 0 Å². The van der Waals surface area contributed by atoms with E-state index in [4.69, 9.17) is 14.0 Å². The molecule has 1 aromatic carbocycles. The highest BCUT2D eigenvalue weighted by Gasteiger charge is 2.38. The van der Waals surface area contributed by atoms with Crippen LogP contribution in [0.25, 0.3) is 0 Å². The first kappa shape index (κ1) is 10.6. The lowest BCUT2D eigenvalue weighted by atomic mass is 10.2. The molecular formula is C9H11BINO3. The van der Waals surface area contributed by atoms with E-state index >= 15 is 0 Å². The van der Waals surface area contributed by atoms with E-state index in [1.54, 1.807) is 11.0 Å². The summed E-state index contributed by atoms with van der Waals surface area (Å²) in [5.41, 5.74) is 0. The Kier molecular flexibility index (Phi) is 2.77. The van der Waals surface area contributed by atoms with Crippen molar-refractivity contribution < 1.29 is 18.5 Å². The van der Waals surface area contributed by atoms with Crippen LogP contribution in [-0.4, -0.2) is 29.7 Å². The van der Waals surface area contributed by atoms with Gasteiger partial charge in [-0.05, 0) is 12.1 Å². The van der Waals surface area contributed by atoms with Crippen LogP contribution in [0.2, 0.25) is 0 Å². The third-order valence-corrected chi connectivity index (χ3v) is 2.62. The lowest BCUT2D eigenvalue weighted by Crippen LogP contribution is -2.42. The molecule has 0 radical (unpaired) electrons. The van der Waals surface area contributed by atoms with Crippen molar-refractivity contribution in [2.75, 3.05) is 14.1 Å². The Labute approximate surface area is 102 Å². The highest BCUT2D eigenvalue weighted by atomic mass is 127. The van der Waals surface area contributed by atoms with Crippen LogP contribution in [0.4, 0.5) is 0 Å². The van der Waals surface area contributed by atoms with Gasteiger partial charge in [0.15, 0.2) is 0 Å². The van der Waals surface area contributed by atoms with Gasteiger partial charge in [-0.3, -0.25) is 0 Å². The fourth-order valence-electron chi connectivity index (χ4n) is 1.22. The number of nitrogens with zero attached hydrogens (tertiary/aromatic N) is 1. The second kappa shape index (κ2) is 3.92. The second-order valence-corrected chi connectivity index (χ2v) is 4.97. The molecule has 0 fully saturated rings. The first-order chi connectivity index (χ1) is 7.09. The minimum Gasteiger partial charge on any atom is -0.638 e. The first-order valence-corrected chi connectivity index (χ1v) is 5.79. The average molecular weight is 319 g/mol. The van der Waals surface area contributed by atoms with E-state index in [2.05, 4.69) is 0 Å². The topological polar surface area (TPSA) is 30.7 Å². The average Bonchev–Trinajstić information content (AvgIpc) is 2.52. The van der Waals surface area contributed by atoms with Gasteiger partial charge in [0.25, 0.3) is 6.40 Å². The fourth-order valence-corrected chi connectivity index (χ4v) is 1.90. The number of hydrogen-bond donors (Lipinski definition) is 0. The van der Waals surface area contributed by atoms with E-state index in [1.165, 1.54) is 0 Å². The summed E-state index contributed by atoms with van der Waals surface area (Å²) in [4.78, 5) is 0. The van der Waals surface area contributed by atoms with Gasteiger partial charge in [0.05, 0.1) is 0 Å². The Morgan fingerprint density at radius 2 is 1.80 bits per heavy atom. The van der Waals surface area contributed by atoms with Gasteiger partial charge in [0, 0.05) is 0 Å². The molecule has 15 heavy (non-hydrogen) atoms. The summed E-state index contributed by atoms with van der Waals surface area (Å²) in [7, 11) is 3.75. The largest absolute Gasteiger partial charge is 0.638 e. The lowest BCUT2D eigenvalue weighted by Gasteiger charge is -2.26. The molecule has 2 rings (SSSR count). The number of rotatable bonds is 2. The molecule has 4 nitrogen and oxygen atoms in total. The van der Waals surface area contributed by atoms with Crippen LogP contribution >= 0.6 is 22.4 Å². The van der Waals surface area contributed by atoms with Gasteiger partial charge in [0.2, 0.25) is 0 Å². The molecule has 0 aromatic heterocycles. The molecule has 1 heterocycles. The van der Waals surface area contributed by atoms with Crippen molar-refractivity contribution in [1.29, 1.82) is 0 Å². The van der Waals surface area contributed by atoms with E-state index in [-0.39, 0.29) is 0 Å². The molecule has 1 aliphatic heterocycles. The van der Waals surface area contributed by atoms with Crippen molar-refractivity contribution in [3.05, 3.63) is 24.3 Å². The molecule has 0 aliphatic carbocycles. The van der Waals surface area contributed by atoms with E-state index in [1.807, 2.05) is 60.7 Å². The number of benzene rings is 1. The van der Waals surface area contributed by atoms with E-state index in [0.29, 0.717) is 0 Å². The minimum atomic E-state index is -1.76. The van der Waals surface area contributed by atoms with E-state index < -0.39 is 4.61 Å². The number of hydrogen-bond acceptors (Lipinski definition) is 3. The maximum absolute atomic E-state index is 5.59. The minimum absolute atomic E-state index is 0.721. The van der Waals surface area contributed by atoms with Gasteiger partial charge >= 0.3 is 4.61 Å². The third kappa shape index (κ3) is 2.36. The molecule has 0 saturated carbocycles. The molecule has 1 aliphatic rings. The summed E-state index contributed by atoms with van der Waals surface area (Å²) in [6, 6.07) is 7.51. The molecule has 0 spiro atoms. The lowest BCUT2D eigenvalue weighted by molar-refractivity contribution is -0.466. The smallest absolute Gasteiger partial charge is 0.614 e. The normalized spacial score (nSPS) is 15.9. The predicted octanol–water partition coefficient (Wildman–Crippen LogP) is 1.65. The maximum atomic E-state index is 5.59. The number of halogens is 1. The van der Waals surface area contributed by atoms with Gasteiger partial charge in [-0.25, -0.2) is 4.58 Å². The number of fused-ring (bicyclic) bond motifs is 1. The van der Waals surface area contributed by atoms with Crippen LogP contribution < -0.4 is 9.31 Å². The standard InChI is InChI=1S/C9H11BINO3/c1-12(2)7-13-10(11)14-8-5-3-4-6-9(8)15-10/h3-7H,1-2H3. The summed E-state index contributed by atoms with van der Waals surface area (Å²) in [6.45, 7) is 0. The highest BCUT2D eigenvalue weighted by molar-refractivity contribution is 14.1. The van der Waals surface area contributed by atoms with Crippen molar-refractivity contribution >= 4 is 33.4 Å². The molecule has 0 N–H and O–H groups in total. The summed E-state index contributed by atoms with van der Waals surface area (Å²) < 4.78 is 16.7. The van der Waals surface area contributed by atoms with Crippen molar-refractivity contribution in [3.8, 4) is 11.5 Å². The Morgan fingerprint density at radius 3 is 2.27 bits per heavy atom. The zero-order chi connectivity index (χ0) is 10.9. The predicted molar refractivity (Wildman–Crippen MR) is 66.7 cm³/mol. The van der Waals surface area contributed by atoms with Crippen molar-refractivity contribution in [2.45, 2.75) is 0 Å². The van der Waals surface area contributed by atoms with Gasteiger partial charge < -0.3 is 14.0 Å². The second-order valence-electron chi connectivity index (χ2n) is 3.44. The van der Waals surface area contributed by atoms with Crippen LogP contribution in [0.1, 0.15) is 0 Å². The number of para-hydroxylation sites is 2. The highest BCUT2D eigenvalue weighted by Crippen LogP contribution is 2.39. The molecule has 80 valence electrons. The molecule has 1 aromatic rings. The van der Waals surface area contributed by atoms with Crippen LogP contribution in [-0.2, 0) is 4.65 Å². The molecule has 0 amide bonds. The molecule has 0 saturated heterocycles. The Bertz CT molecular complexity index is 381. The Balaban J connectivity index is 2.14. The zero-order valence-electron chi connectivity index (χ0n) is 8.51. The van der Waals surface area contributed by atoms with Crippen molar-refractivity contribution in [1.82, 2.24) is 0 Å². The third-order valence-electron chi connectivity index (χ3n) is 1.82. The first-order valence-electron chi connectivity index (χ1n) is 4.55. The molecule has 0 atom stereocenters. The van der Waals surface area contributed by atoms with Crippen LogP contribution in [0.5, 0.6) is 11.5 Å². The van der Waals surface area contributed by atoms with Crippen LogP contribution in [0, 0.1) is 0 Å². The summed E-state index contributed by atoms with van der Waals surface area (Å²) in [5, 5.41) is 0. The SMILES string of the molecule is C[N+](C)=CO[B-]1(I)Oc2ccccc2O1. The van der Waals surface area contributed by atoms with Crippen molar-refractivity contribution in [2.24, 2.45) is 0 Å². The molecule has 0 bridgehead atoms. The van der Waals surface area contributed by atoms with E-state index in [9.17, 15) is 0 Å². The monoisotopic (exact) mass is 319 g/mol. The van der Waals surface area contributed by atoms with Crippen LogP contribution in [0.15, 0.2) is 24.3 Å². The maximum Gasteiger partial charge on any atom is 0.614 e. The summed E-state index contributed by atoms with van der Waals surface area (Å²) in [5.74, 6) is 1.44. The van der Waals surface area contributed by atoms with E-state index in [0.717, 1.165) is 11.5 Å². The quantitative estimate of drug-likeness (QED) is 0.273. The van der Waals surface area contributed by atoms with Gasteiger partial charge in [-0.2, -0.15) is 22.4 Å². The molecule has 0 unspecified atom stereocenters. The zero-order valence-corrected chi connectivity index (χ0v) is 10.7. The Hall–Kier alpha value is -0.915. The van der Waals surface area contributed by atoms with Gasteiger partial charge in [-0.1, -0.05) is 12.1 Å². The molecule has 6 heteroatoms. The van der Waals surface area contributed by atoms with Gasteiger partial charge in [-0.15, -0.1) is 0 Å². The summed E-state index contributed by atoms with van der Waals surface area (Å²) in [6.07, 6.45) is 1.57. The molecular weight excluding hydrogens is 308 g/mol. The Morgan fingerprint density at radius 1 is 1.27 bits per heavy atom. The summed E-state index contributed by atoms with van der Waals surface area (Å²) >= 11 is 2.03.